The zero-order chi connectivity index (χ0) is 59.0. The molecule has 10 rings (SSSR count). The minimum atomic E-state index is -1.43. The Kier molecular flexibility index (Phi) is 34.6. The SMILES string of the molecule is C=C1CC(C)CO1.CC1CC(=O)O1.CC1CC(O)(CC(=O)O)CC(=O)O1.CC1CCC(=O)O1.CC1CCC(=O)OC1.CC1CCCC(=O)O1.CC1CCCC1=O.CC1CCCCC1=O.CC1CCOC(=O)C1.CC1COC1=O. The van der Waals surface area contributed by atoms with Gasteiger partial charge in [-0.1, -0.05) is 47.6 Å². The van der Waals surface area contributed by atoms with E-state index in [1.54, 1.807) is 6.92 Å². The van der Waals surface area contributed by atoms with Crippen LogP contribution in [0.25, 0.3) is 0 Å². The predicted molar refractivity (Wildman–Crippen MR) is 285 cm³/mol. The average Bonchev–Trinajstić information content (AvgIpc) is 4.05. The number of Topliss-reactive ketones (excluding diaryl/α,β-unsaturated/α-hetero) is 2. The van der Waals surface area contributed by atoms with Gasteiger partial charge < -0.3 is 48.1 Å². The molecule has 10 aliphatic rings. The van der Waals surface area contributed by atoms with Gasteiger partial charge in [0.15, 0.2) is 0 Å². The summed E-state index contributed by atoms with van der Waals surface area (Å²) in [5, 5.41) is 18.2. The van der Waals surface area contributed by atoms with E-state index in [1.807, 2.05) is 41.5 Å². The number of hydrogen-bond acceptors (Lipinski definition) is 19. The number of aliphatic hydroxyl groups is 1. The summed E-state index contributed by atoms with van der Waals surface area (Å²) < 4.78 is 37.8. The second-order valence-electron chi connectivity index (χ2n) is 22.2. The summed E-state index contributed by atoms with van der Waals surface area (Å²) in [4.78, 5) is 104. The molecule has 2 aliphatic carbocycles. The summed E-state index contributed by atoms with van der Waals surface area (Å²) in [5.74, 6) is 2.67. The Morgan fingerprint density at radius 1 is 0.474 bits per heavy atom. The average molecular weight is 1110 g/mol. The summed E-state index contributed by atoms with van der Waals surface area (Å²) in [6.45, 7) is 26.0. The highest BCUT2D eigenvalue weighted by molar-refractivity contribution is 5.82. The summed E-state index contributed by atoms with van der Waals surface area (Å²) >= 11 is 0. The van der Waals surface area contributed by atoms with Crippen LogP contribution in [0, 0.1) is 35.5 Å². The number of rotatable bonds is 2. The molecule has 0 aromatic rings. The lowest BCUT2D eigenvalue weighted by molar-refractivity contribution is -0.172. The topological polar surface area (TPSA) is 285 Å². The van der Waals surface area contributed by atoms with Crippen LogP contribution in [0.5, 0.6) is 0 Å². The van der Waals surface area contributed by atoms with E-state index in [9.17, 15) is 53.1 Å². The molecule has 0 aromatic heterocycles. The summed E-state index contributed by atoms with van der Waals surface area (Å²) in [6, 6.07) is 0. The van der Waals surface area contributed by atoms with E-state index in [0.29, 0.717) is 93.1 Å². The normalized spacial score (nSPS) is 31.1. The van der Waals surface area contributed by atoms with Gasteiger partial charge in [-0.2, -0.15) is 0 Å². The minimum Gasteiger partial charge on any atom is -0.498 e. The van der Waals surface area contributed by atoms with Crippen molar-refractivity contribution in [1.82, 2.24) is 0 Å². The fourth-order valence-electron chi connectivity index (χ4n) is 8.39. The summed E-state index contributed by atoms with van der Waals surface area (Å²) in [6.07, 6.45) is 16.2. The first-order valence-electron chi connectivity index (χ1n) is 28.1. The molecule has 0 radical (unpaired) electrons. The third-order valence-corrected chi connectivity index (χ3v) is 13.4. The molecule has 0 aromatic carbocycles. The lowest BCUT2D eigenvalue weighted by atomic mass is 9.87. The zero-order valence-corrected chi connectivity index (χ0v) is 48.4. The molecule has 2 saturated carbocycles. The van der Waals surface area contributed by atoms with Crippen molar-refractivity contribution >= 4 is 59.3 Å². The fourth-order valence-corrected chi connectivity index (χ4v) is 8.39. The highest BCUT2D eigenvalue weighted by atomic mass is 16.6. The van der Waals surface area contributed by atoms with Crippen molar-refractivity contribution < 1.29 is 96.1 Å². The number of esters is 7. The molecule has 10 fully saturated rings. The first kappa shape index (κ1) is 70.6. The molecule has 20 heteroatoms. The number of aliphatic carboxylic acids is 1. The van der Waals surface area contributed by atoms with E-state index in [0.717, 1.165) is 89.4 Å². The van der Waals surface area contributed by atoms with E-state index in [-0.39, 0.29) is 72.9 Å². The standard InChI is InChI=1S/C8H12O5.C7H12O.3C6H10O2.2C6H10O.C5H8O2.2C4H6O2/c1-5-2-8(12,3-6(9)10)4-7(11)13-5;1-6-4-2-3-5-7(6)8;1-5-2-3-8-6(7)4-5;1-5-2-3-6(7)8-4-5;1-5-3-2-4-6(7)8-5;1-5-3-6(2)7-4-5;1-5-3-2-4-6(5)7;1-4-2-3-5(6)7-4;1-3-2-6-4(3)5;1-3-2-4(5)6-3/h5,12H,2-4H2,1H3,(H,9,10);6H,2-5H2,1H3;3*5H,2-4H2,1H3;2*5H,2-4H2,1H3;4H,2-3H2,1H3;2*3H,2H2,1H3. The highest BCUT2D eigenvalue weighted by Gasteiger charge is 2.40. The molecular formula is C58H94O20. The molecule has 0 spiro atoms. The van der Waals surface area contributed by atoms with Crippen LogP contribution in [0.1, 0.15) is 204 Å². The number of cyclic esters (lactones) is 7. The van der Waals surface area contributed by atoms with Crippen molar-refractivity contribution in [2.24, 2.45) is 35.5 Å². The number of carboxylic acid groups (broad SMARTS) is 1. The van der Waals surface area contributed by atoms with Crippen molar-refractivity contribution in [3.8, 4) is 0 Å². The predicted octanol–water partition coefficient (Wildman–Crippen LogP) is 8.85. The Labute approximate surface area is 462 Å². The molecular weight excluding hydrogens is 1020 g/mol. The van der Waals surface area contributed by atoms with Crippen LogP contribution in [-0.4, -0.2) is 126 Å². The Hall–Kier alpha value is -5.40. The first-order valence-corrected chi connectivity index (χ1v) is 28.1. The minimum absolute atomic E-state index is 0.0382. The molecule has 8 saturated heterocycles. The molecule has 0 bridgehead atoms. The Morgan fingerprint density at radius 3 is 1.27 bits per heavy atom. The maximum Gasteiger partial charge on any atom is 0.312 e. The van der Waals surface area contributed by atoms with E-state index in [2.05, 4.69) is 36.8 Å². The van der Waals surface area contributed by atoms with Gasteiger partial charge in [-0.05, 0) is 110 Å². The van der Waals surface area contributed by atoms with Crippen molar-refractivity contribution in [3.63, 3.8) is 0 Å². The largest absolute Gasteiger partial charge is 0.498 e. The molecule has 20 nitrogen and oxygen atoms in total. The molecule has 0 amide bonds. The molecule has 446 valence electrons. The summed E-state index contributed by atoms with van der Waals surface area (Å²) in [5.41, 5.74) is -1.43. The lowest BCUT2D eigenvalue weighted by Gasteiger charge is -2.33. The third kappa shape index (κ3) is 34.5. The van der Waals surface area contributed by atoms with Gasteiger partial charge in [0, 0.05) is 63.2 Å². The van der Waals surface area contributed by atoms with Gasteiger partial charge in [0.25, 0.3) is 0 Å². The van der Waals surface area contributed by atoms with Crippen molar-refractivity contribution in [1.29, 1.82) is 0 Å². The number of carboxylic acids is 1. The number of carbonyl (C=O) groups is 10. The number of ether oxygens (including phenoxy) is 8. The second-order valence-corrected chi connectivity index (χ2v) is 22.2. The second kappa shape index (κ2) is 38.2. The number of carbonyl (C=O) groups excluding carboxylic acids is 9. The van der Waals surface area contributed by atoms with Gasteiger partial charge in [0.05, 0.1) is 68.6 Å². The Morgan fingerprint density at radius 2 is 1.00 bits per heavy atom. The van der Waals surface area contributed by atoms with Gasteiger partial charge in [-0.15, -0.1) is 0 Å². The fraction of sp³-hybridized carbons (Fsp3) is 0.793. The van der Waals surface area contributed by atoms with Crippen LogP contribution in [-0.2, 0) is 85.8 Å². The monoisotopic (exact) mass is 1110 g/mol. The van der Waals surface area contributed by atoms with Gasteiger partial charge in [-0.25, -0.2) is 0 Å². The number of allylic oxidation sites excluding steroid dienone is 1. The molecule has 11 unspecified atom stereocenters. The maximum atomic E-state index is 10.9. The van der Waals surface area contributed by atoms with Crippen molar-refractivity contribution in [2.75, 3.05) is 26.4 Å². The van der Waals surface area contributed by atoms with E-state index in [1.165, 1.54) is 6.42 Å². The molecule has 78 heavy (non-hydrogen) atoms. The molecule has 8 aliphatic heterocycles. The van der Waals surface area contributed by atoms with E-state index < -0.39 is 30.1 Å². The Balaban J connectivity index is 0.000000437. The lowest BCUT2D eigenvalue weighted by Crippen LogP contribution is -2.43. The highest BCUT2D eigenvalue weighted by Crippen LogP contribution is 2.29. The van der Waals surface area contributed by atoms with Crippen molar-refractivity contribution in [3.05, 3.63) is 12.3 Å². The number of hydrogen-bond donors (Lipinski definition) is 2. The molecule has 8 heterocycles. The maximum absolute atomic E-state index is 10.9. The van der Waals surface area contributed by atoms with Crippen LogP contribution < -0.4 is 0 Å². The van der Waals surface area contributed by atoms with Gasteiger partial charge >= 0.3 is 47.8 Å². The van der Waals surface area contributed by atoms with Gasteiger partial charge in [-0.3, -0.25) is 47.9 Å². The van der Waals surface area contributed by atoms with Crippen LogP contribution in [0.3, 0.4) is 0 Å². The molecule has 11 atom stereocenters. The van der Waals surface area contributed by atoms with Crippen LogP contribution in [0.2, 0.25) is 0 Å². The smallest absolute Gasteiger partial charge is 0.312 e. The Bertz CT molecular complexity index is 1860. The van der Waals surface area contributed by atoms with Gasteiger partial charge in [0.1, 0.15) is 30.4 Å². The van der Waals surface area contributed by atoms with Crippen LogP contribution in [0.15, 0.2) is 12.3 Å². The van der Waals surface area contributed by atoms with E-state index in [4.69, 9.17) is 33.5 Å². The quantitative estimate of drug-likeness (QED) is 0.193. The summed E-state index contributed by atoms with van der Waals surface area (Å²) in [7, 11) is 0. The van der Waals surface area contributed by atoms with Crippen LogP contribution >= 0.6 is 0 Å². The first-order chi connectivity index (χ1) is 36.6. The number of ketones is 2. The van der Waals surface area contributed by atoms with Gasteiger partial charge in [0.2, 0.25) is 0 Å². The molecule has 2 N–H and O–H groups in total. The third-order valence-electron chi connectivity index (χ3n) is 13.4. The van der Waals surface area contributed by atoms with Crippen LogP contribution in [0.4, 0.5) is 0 Å². The van der Waals surface area contributed by atoms with Crippen molar-refractivity contribution in [2.45, 2.75) is 234 Å². The zero-order valence-electron chi connectivity index (χ0n) is 48.4. The van der Waals surface area contributed by atoms with E-state index >= 15 is 0 Å².